The number of benzene rings is 7. The molecule has 11 bridgehead atoms. The molecule has 45 heteroatoms. The summed E-state index contributed by atoms with van der Waals surface area (Å²) in [6, 6.07) is 12.0. The molecular formula is C86H96Cl2F3N11O29. The Morgan fingerprint density at radius 1 is 0.656 bits per heavy atom. The van der Waals surface area contributed by atoms with Gasteiger partial charge >= 0.3 is 6.36 Å². The average Bonchev–Trinajstić information content (AvgIpc) is 0.766. The standard InChI is InChI=1S/C86H96Cl2F3N11O29/c1-33(2)18-48(94-5)77(117)100-63-65(108)37-13-16-52(46(87)22-37)124-54-24-40-25-55(72(54)129-84-70(113)68(111)73(57(32-103)127-84)130-83-69(112)67(110)66(109)56(126-83)31-95-30-35-8-6-10-41(19-35)96-75(115)39-9-7-11-43(20-39)131-86(89,90)91)125-53-17-14-38(23-47(53)88)71(128-59-29-85(4,93)74(114)34(3)123-59)64-82(122)102-76(116)45-26-42(104)27-51(106)60(45)44-21-36(12-15-50(44)105)61(79(119)101-64)99-80(120)62(40)98-78(118)49(28-58(92)107)97-81(63)121/h6-17,19-27,33-34,48-49,56-57,59,61-71,73-74,76,83-84,94-95,103-106,108-114,116H,18,28-32,93H2,1-5H3,(H2,92,107)(H,96,115)(H,97,121)(H,98,118)(H,99,120)(H,100,117)(H,101,119)(H,102,122)/t34-,48+,49?,56+,57+,59-,61+,62+,63?,64-,65+,66-,67-,68+,69+,70+,71+,73+,74-,76-,83-,84-,85-/m0/s1. The van der Waals surface area contributed by atoms with Gasteiger partial charge in [0.1, 0.15) is 126 Å². The Morgan fingerprint density at radius 3 is 1.95 bits per heavy atom. The highest BCUT2D eigenvalue weighted by atomic mass is 35.5. The van der Waals surface area contributed by atoms with Crippen molar-refractivity contribution in [2.75, 3.05) is 25.5 Å². The Hall–Kier alpha value is -11.4. The summed E-state index contributed by atoms with van der Waals surface area (Å²) in [4.78, 5) is 119. The number of aromatic hydroxyl groups is 3. The van der Waals surface area contributed by atoms with E-state index >= 15 is 24.0 Å². The molecule has 3 fully saturated rings. The van der Waals surface area contributed by atoms with Crippen LogP contribution >= 0.6 is 23.2 Å². The molecule has 131 heavy (non-hydrogen) atoms. The smallest absolute Gasteiger partial charge is 0.508 e. The number of aliphatic hydroxyl groups is 9. The van der Waals surface area contributed by atoms with Gasteiger partial charge in [0.05, 0.1) is 41.3 Å². The first-order chi connectivity index (χ1) is 61.9. The number of hydrogen-bond acceptors (Lipinski definition) is 32. The number of fused-ring (bicyclic) bond motifs is 15. The molecule has 704 valence electrons. The van der Waals surface area contributed by atoms with E-state index in [1.165, 1.54) is 57.3 Å². The van der Waals surface area contributed by atoms with Gasteiger partial charge in [0.2, 0.25) is 53.4 Å². The highest BCUT2D eigenvalue weighted by molar-refractivity contribution is 6.32. The number of halogens is 5. The molecule has 7 aromatic carbocycles. The molecule has 25 N–H and O–H groups in total. The van der Waals surface area contributed by atoms with Crippen LogP contribution in [0.25, 0.3) is 11.1 Å². The van der Waals surface area contributed by atoms with Crippen LogP contribution in [-0.2, 0) is 63.8 Å². The van der Waals surface area contributed by atoms with Crippen molar-refractivity contribution < 1.29 is 155 Å². The molecule has 8 aliphatic rings. The molecule has 8 aliphatic heterocycles. The molecule has 0 saturated carbocycles. The summed E-state index contributed by atoms with van der Waals surface area (Å²) in [5, 5.41) is 163. The molecule has 7 aromatic rings. The lowest BCUT2D eigenvalue weighted by Crippen LogP contribution is -2.65. The van der Waals surface area contributed by atoms with Crippen LogP contribution < -0.4 is 78.3 Å². The van der Waals surface area contributed by atoms with Gasteiger partial charge in [-0.1, -0.05) is 73.4 Å². The third-order valence-corrected chi connectivity index (χ3v) is 23.2. The number of hydrogen-bond donors (Lipinski definition) is 23. The number of ether oxygens (including phenoxy) is 9. The molecule has 8 amide bonds. The lowest BCUT2D eigenvalue weighted by Gasteiger charge is -2.46. The van der Waals surface area contributed by atoms with E-state index in [0.29, 0.717) is 5.56 Å². The topological polar surface area (TPSA) is 623 Å². The van der Waals surface area contributed by atoms with Crippen LogP contribution in [0.2, 0.25) is 10.0 Å². The fourth-order valence-corrected chi connectivity index (χ4v) is 16.4. The van der Waals surface area contributed by atoms with Crippen LogP contribution in [0.15, 0.2) is 127 Å². The predicted octanol–water partition coefficient (Wildman–Crippen LogP) is 1.74. The molecule has 23 atom stereocenters. The van der Waals surface area contributed by atoms with E-state index in [1.54, 1.807) is 26.0 Å². The van der Waals surface area contributed by atoms with Crippen molar-refractivity contribution in [2.45, 2.75) is 200 Å². The molecule has 8 heterocycles. The second-order valence-electron chi connectivity index (χ2n) is 32.8. The van der Waals surface area contributed by atoms with Crippen LogP contribution in [0.5, 0.6) is 51.7 Å². The minimum Gasteiger partial charge on any atom is -0.508 e. The first-order valence-electron chi connectivity index (χ1n) is 41.0. The molecule has 0 spiro atoms. The van der Waals surface area contributed by atoms with E-state index in [0.717, 1.165) is 78.9 Å². The number of primary amides is 1. The van der Waals surface area contributed by atoms with Crippen molar-refractivity contribution >= 4 is 76.1 Å². The fourth-order valence-electron chi connectivity index (χ4n) is 15.9. The average molecular weight is 1880 g/mol. The molecule has 0 radical (unpaired) electrons. The Bertz CT molecular complexity index is 5460. The number of nitrogens with two attached hydrogens (primary N) is 2. The van der Waals surface area contributed by atoms with E-state index in [1.807, 2.05) is 0 Å². The molecule has 15 rings (SSSR count). The number of likely N-dealkylation sites (N-methyl/N-ethyl adjacent to an activating group) is 1. The third-order valence-electron chi connectivity index (χ3n) is 22.6. The number of alkyl halides is 3. The van der Waals surface area contributed by atoms with Gasteiger partial charge in [-0.15, -0.1) is 13.2 Å². The first-order valence-corrected chi connectivity index (χ1v) is 41.8. The lowest BCUT2D eigenvalue weighted by molar-refractivity contribution is -0.350. The Kier molecular flexibility index (Phi) is 29.9. The van der Waals surface area contributed by atoms with Crippen molar-refractivity contribution in [2.24, 2.45) is 17.4 Å². The number of amides is 8. The number of nitrogens with one attached hydrogen (secondary N) is 9. The maximum absolute atomic E-state index is 16.4. The maximum atomic E-state index is 16.4. The van der Waals surface area contributed by atoms with E-state index < -0.39 is 291 Å². The highest BCUT2D eigenvalue weighted by Crippen LogP contribution is 2.50. The molecule has 2 unspecified atom stereocenters. The van der Waals surface area contributed by atoms with Crippen molar-refractivity contribution in [3.8, 4) is 62.9 Å². The number of aliphatic hydroxyl groups excluding tert-OH is 9. The van der Waals surface area contributed by atoms with Gasteiger partial charge in [-0.3, -0.25) is 38.4 Å². The number of anilines is 1. The van der Waals surface area contributed by atoms with Crippen LogP contribution in [0.3, 0.4) is 0 Å². The summed E-state index contributed by atoms with van der Waals surface area (Å²) in [6.45, 7) is 4.98. The normalized spacial score (nSPS) is 29.0. The number of phenolic OH excluding ortho intramolecular Hbond substituents is 3. The van der Waals surface area contributed by atoms with Crippen LogP contribution in [0, 0.1) is 5.92 Å². The van der Waals surface area contributed by atoms with E-state index in [9.17, 15) is 88.8 Å². The van der Waals surface area contributed by atoms with Gasteiger partial charge in [-0.25, -0.2) is 0 Å². The second kappa shape index (κ2) is 40.4. The SMILES string of the molecule is CN[C@H](CC(C)C)C(=O)NC1C(=O)NC(CC(N)=O)C(=O)N[C@H]2C(=O)N[C@H]3C(=O)N[C@H](C(=O)N[C@@H](O)c4cc(O)cc(O)c4-c4cc3ccc4O)[C@H](O[C@H]3C[C@](C)(N)[C@@H](O)[C@H](C)O3)c3ccc(c(Cl)c3)Oc3cc2cc(c3O[C@@H]2O[C@H](CO)[C@@H](O[C@@H]3O[C@H](CNCc4cccc(NC(=O)c5cccc(OC(F)(F)F)c5)c4)[C@H](O)[C@H](O)[C@H]3O)[C@H](O)[C@H]2O)Oc2ccc(cc2Cl)[C@H]1O. The number of carbonyl (C=O) groups excluding carboxylic acids is 8. The fraction of sp³-hybridized carbons (Fsp3) is 0.419. The summed E-state index contributed by atoms with van der Waals surface area (Å²) in [7, 11) is 1.45. The number of carbonyl (C=O) groups is 8. The maximum Gasteiger partial charge on any atom is 0.573 e. The Balaban J connectivity index is 0.919. The molecule has 3 saturated heterocycles. The van der Waals surface area contributed by atoms with Gasteiger partial charge in [0.15, 0.2) is 30.3 Å². The lowest BCUT2D eigenvalue weighted by atomic mass is 9.86. The number of phenols is 3. The van der Waals surface area contributed by atoms with Gasteiger partial charge in [0.25, 0.3) is 5.91 Å². The van der Waals surface area contributed by atoms with Gasteiger partial charge in [0, 0.05) is 59.1 Å². The summed E-state index contributed by atoms with van der Waals surface area (Å²) in [5.74, 6) is -16.0. The Morgan fingerprint density at radius 2 is 1.30 bits per heavy atom. The largest absolute Gasteiger partial charge is 0.573 e. The zero-order valence-corrected chi connectivity index (χ0v) is 71.5. The van der Waals surface area contributed by atoms with Crippen LogP contribution in [0.4, 0.5) is 18.9 Å². The van der Waals surface area contributed by atoms with Gasteiger partial charge < -0.3 is 163 Å². The molecular weight excluding hydrogens is 1780 g/mol. The summed E-state index contributed by atoms with van der Waals surface area (Å²) in [6.07, 6.45) is -37.2. The van der Waals surface area contributed by atoms with E-state index in [-0.39, 0.29) is 59.8 Å². The zero-order chi connectivity index (χ0) is 94.8. The molecule has 0 aromatic heterocycles. The Labute approximate surface area is 752 Å². The zero-order valence-electron chi connectivity index (χ0n) is 70.0. The predicted molar refractivity (Wildman–Crippen MR) is 449 cm³/mol. The summed E-state index contributed by atoms with van der Waals surface area (Å²) in [5.41, 5.74) is 8.82. The first kappa shape index (κ1) is 97.1. The highest BCUT2D eigenvalue weighted by Gasteiger charge is 2.53. The number of rotatable bonds is 21. The van der Waals surface area contributed by atoms with E-state index in [2.05, 4.69) is 52.6 Å². The van der Waals surface area contributed by atoms with Crippen LogP contribution in [-0.4, -0.2) is 245 Å². The minimum absolute atomic E-state index is 0.0487. The third kappa shape index (κ3) is 22.2. The van der Waals surface area contributed by atoms with Crippen molar-refractivity contribution in [1.82, 2.24) is 42.5 Å². The van der Waals surface area contributed by atoms with Crippen molar-refractivity contribution in [3.63, 3.8) is 0 Å². The second-order valence-corrected chi connectivity index (χ2v) is 33.6. The summed E-state index contributed by atoms with van der Waals surface area (Å²) < 4.78 is 94.0. The molecule has 40 nitrogen and oxygen atoms in total. The monoisotopic (exact) mass is 1870 g/mol. The van der Waals surface area contributed by atoms with Crippen molar-refractivity contribution in [3.05, 3.63) is 176 Å². The van der Waals surface area contributed by atoms with Gasteiger partial charge in [-0.05, 0) is 146 Å². The van der Waals surface area contributed by atoms with Crippen LogP contribution in [0.1, 0.15) is 121 Å². The quantitative estimate of drug-likeness (QED) is 0.0487. The van der Waals surface area contributed by atoms with Crippen molar-refractivity contribution in [1.29, 1.82) is 0 Å². The minimum atomic E-state index is -5.03. The van der Waals surface area contributed by atoms with Gasteiger partial charge in [-0.2, -0.15) is 0 Å². The summed E-state index contributed by atoms with van der Waals surface area (Å²) >= 11 is 14.5. The molecule has 0 aliphatic carbocycles. The van der Waals surface area contributed by atoms with E-state index in [4.69, 9.17) is 72.6 Å².